The van der Waals surface area contributed by atoms with Gasteiger partial charge in [0, 0.05) is 34.4 Å². The summed E-state index contributed by atoms with van der Waals surface area (Å²) in [6.45, 7) is 3.09. The van der Waals surface area contributed by atoms with Gasteiger partial charge in [-0.15, -0.1) is 11.3 Å². The van der Waals surface area contributed by atoms with Gasteiger partial charge in [-0.1, -0.05) is 6.07 Å². The molecule has 0 unspecified atom stereocenters. The molecule has 6 nitrogen and oxygen atoms in total. The van der Waals surface area contributed by atoms with Crippen LogP contribution in [-0.4, -0.2) is 29.9 Å². The molecule has 3 N–H and O–H groups in total. The van der Waals surface area contributed by atoms with E-state index in [-0.39, 0.29) is 12.5 Å². The van der Waals surface area contributed by atoms with E-state index in [1.54, 1.807) is 35.6 Å². The molecule has 2 heterocycles. The fraction of sp³-hybridized carbons (Fsp3) is 0.190. The molecule has 28 heavy (non-hydrogen) atoms. The summed E-state index contributed by atoms with van der Waals surface area (Å²) in [4.78, 5) is 30.2. The van der Waals surface area contributed by atoms with E-state index in [9.17, 15) is 9.59 Å². The number of nitrogens with two attached hydrogens (primary N) is 1. The summed E-state index contributed by atoms with van der Waals surface area (Å²) < 4.78 is 0. The number of nitrogens with one attached hydrogen (secondary N) is 1. The van der Waals surface area contributed by atoms with Crippen LogP contribution in [0.25, 0.3) is 11.3 Å². The summed E-state index contributed by atoms with van der Waals surface area (Å²) in [5, 5.41) is 5.99. The maximum atomic E-state index is 12.4. The van der Waals surface area contributed by atoms with Gasteiger partial charge in [0.1, 0.15) is 0 Å². The van der Waals surface area contributed by atoms with Crippen LogP contribution in [0.2, 0.25) is 0 Å². The fourth-order valence-corrected chi connectivity index (χ4v) is 4.00. The number of thiazole rings is 1. The first-order valence-corrected chi connectivity index (χ1v) is 9.87. The zero-order valence-electron chi connectivity index (χ0n) is 15.4. The van der Waals surface area contributed by atoms with Crippen LogP contribution >= 0.6 is 11.3 Å². The summed E-state index contributed by atoms with van der Waals surface area (Å²) in [6, 6.07) is 12.9. The molecule has 0 fully saturated rings. The lowest BCUT2D eigenvalue weighted by atomic mass is 10.1. The van der Waals surface area contributed by atoms with Crippen molar-refractivity contribution >= 4 is 34.5 Å². The van der Waals surface area contributed by atoms with Gasteiger partial charge in [-0.25, -0.2) is 4.98 Å². The van der Waals surface area contributed by atoms with Crippen molar-refractivity contribution < 1.29 is 9.59 Å². The minimum atomic E-state index is -0.487. The number of aryl methyl sites for hydroxylation is 1. The highest BCUT2D eigenvalue weighted by molar-refractivity contribution is 7.09. The van der Waals surface area contributed by atoms with Crippen molar-refractivity contribution in [3.05, 3.63) is 64.0 Å². The molecule has 0 atom stereocenters. The Morgan fingerprint density at radius 1 is 1.21 bits per heavy atom. The van der Waals surface area contributed by atoms with Gasteiger partial charge in [0.25, 0.3) is 0 Å². The summed E-state index contributed by atoms with van der Waals surface area (Å²) in [6.07, 6.45) is 0.910. The quantitative estimate of drug-likeness (QED) is 0.698. The molecule has 1 aromatic heterocycles. The summed E-state index contributed by atoms with van der Waals surface area (Å²) in [7, 11) is 0. The molecule has 1 aliphatic heterocycles. The minimum Gasteiger partial charge on any atom is -0.366 e. The molecule has 3 aromatic rings. The molecule has 0 bridgehead atoms. The van der Waals surface area contributed by atoms with Gasteiger partial charge in [-0.3, -0.25) is 9.59 Å². The van der Waals surface area contributed by atoms with Crippen LogP contribution in [0, 0.1) is 6.92 Å². The number of benzene rings is 2. The number of carbonyl (C=O) groups excluding carboxylic acids is 2. The van der Waals surface area contributed by atoms with Crippen molar-refractivity contribution in [1.82, 2.24) is 4.98 Å². The molecule has 0 spiro atoms. The number of nitrogens with zero attached hydrogens (tertiary/aromatic N) is 2. The van der Waals surface area contributed by atoms with Gasteiger partial charge >= 0.3 is 0 Å². The van der Waals surface area contributed by atoms with Crippen molar-refractivity contribution in [1.29, 1.82) is 0 Å². The first kappa shape index (κ1) is 18.2. The van der Waals surface area contributed by atoms with Crippen LogP contribution in [-0.2, 0) is 11.2 Å². The number of primary amides is 1. The Bertz CT molecular complexity index is 1040. The third-order valence-electron chi connectivity index (χ3n) is 4.77. The third kappa shape index (κ3) is 3.75. The second kappa shape index (κ2) is 7.44. The summed E-state index contributed by atoms with van der Waals surface area (Å²) in [5.41, 5.74) is 10.7. The number of hydrogen-bond acceptors (Lipinski definition) is 5. The number of carbonyl (C=O) groups is 2. The molecule has 7 heteroatoms. The van der Waals surface area contributed by atoms with Gasteiger partial charge in [-0.2, -0.15) is 0 Å². The second-order valence-electron chi connectivity index (χ2n) is 6.76. The van der Waals surface area contributed by atoms with Crippen LogP contribution in [0.5, 0.6) is 0 Å². The Kier molecular flexibility index (Phi) is 4.83. The number of fused-ring (bicyclic) bond motifs is 1. The Balaban J connectivity index is 1.43. The van der Waals surface area contributed by atoms with Crippen molar-refractivity contribution in [3.63, 3.8) is 0 Å². The first-order valence-electron chi connectivity index (χ1n) is 9.00. The van der Waals surface area contributed by atoms with Crippen molar-refractivity contribution in [2.75, 3.05) is 23.3 Å². The normalized spacial score (nSPS) is 12.7. The van der Waals surface area contributed by atoms with Gasteiger partial charge in [0.2, 0.25) is 11.8 Å². The molecule has 4 rings (SSSR count). The minimum absolute atomic E-state index is 0.0983. The van der Waals surface area contributed by atoms with Crippen LogP contribution in [0.1, 0.15) is 20.9 Å². The van der Waals surface area contributed by atoms with E-state index in [1.165, 1.54) is 5.56 Å². The lowest BCUT2D eigenvalue weighted by Crippen LogP contribution is -2.31. The smallest absolute Gasteiger partial charge is 0.248 e. The number of hydrogen-bond donors (Lipinski definition) is 2. The van der Waals surface area contributed by atoms with Crippen LogP contribution in [0.15, 0.2) is 47.8 Å². The van der Waals surface area contributed by atoms with E-state index in [1.807, 2.05) is 6.92 Å². The Hall–Kier alpha value is -3.19. The van der Waals surface area contributed by atoms with E-state index in [4.69, 9.17) is 5.73 Å². The van der Waals surface area contributed by atoms with E-state index < -0.39 is 5.91 Å². The standard InChI is InChI=1S/C21H20N4O2S/c1-13-23-18(12-28-13)15-4-7-19-16(10-15)8-9-25(19)11-20(26)24-17-5-2-14(3-6-17)21(22)27/h2-7,10,12H,8-9,11H2,1H3,(H2,22,27)(H,24,26). The molecule has 0 radical (unpaired) electrons. The molecule has 0 saturated heterocycles. The highest BCUT2D eigenvalue weighted by Crippen LogP contribution is 2.32. The van der Waals surface area contributed by atoms with Crippen molar-refractivity contribution in [3.8, 4) is 11.3 Å². The van der Waals surface area contributed by atoms with E-state index in [2.05, 4.69) is 38.8 Å². The van der Waals surface area contributed by atoms with Gasteiger partial charge in [0.05, 0.1) is 17.2 Å². The maximum Gasteiger partial charge on any atom is 0.248 e. The molecule has 1 aliphatic rings. The Morgan fingerprint density at radius 3 is 2.68 bits per heavy atom. The Labute approximate surface area is 167 Å². The monoisotopic (exact) mass is 392 g/mol. The van der Waals surface area contributed by atoms with Crippen molar-refractivity contribution in [2.45, 2.75) is 13.3 Å². The van der Waals surface area contributed by atoms with E-state index in [0.717, 1.165) is 34.9 Å². The second-order valence-corrected chi connectivity index (χ2v) is 7.82. The zero-order chi connectivity index (χ0) is 19.7. The molecule has 2 amide bonds. The molecular formula is C21H20N4O2S. The number of rotatable bonds is 5. The van der Waals surface area contributed by atoms with Crippen LogP contribution < -0.4 is 16.0 Å². The fourth-order valence-electron chi connectivity index (χ4n) is 3.38. The molecule has 0 saturated carbocycles. The number of aromatic nitrogens is 1. The largest absolute Gasteiger partial charge is 0.366 e. The van der Waals surface area contributed by atoms with E-state index >= 15 is 0 Å². The van der Waals surface area contributed by atoms with Crippen LogP contribution in [0.4, 0.5) is 11.4 Å². The lowest BCUT2D eigenvalue weighted by Gasteiger charge is -2.19. The number of anilines is 2. The summed E-state index contributed by atoms with van der Waals surface area (Å²) in [5.74, 6) is -0.586. The van der Waals surface area contributed by atoms with Crippen LogP contribution in [0.3, 0.4) is 0 Å². The van der Waals surface area contributed by atoms with Gasteiger partial charge in [-0.05, 0) is 55.3 Å². The summed E-state index contributed by atoms with van der Waals surface area (Å²) >= 11 is 1.64. The van der Waals surface area contributed by atoms with E-state index in [0.29, 0.717) is 11.3 Å². The van der Waals surface area contributed by atoms with Gasteiger partial charge in [0.15, 0.2) is 0 Å². The number of amides is 2. The van der Waals surface area contributed by atoms with Crippen molar-refractivity contribution in [2.24, 2.45) is 5.73 Å². The predicted molar refractivity (Wildman–Crippen MR) is 112 cm³/mol. The molecule has 2 aromatic carbocycles. The molecule has 142 valence electrons. The molecular weight excluding hydrogens is 372 g/mol. The molecule has 0 aliphatic carbocycles. The van der Waals surface area contributed by atoms with Gasteiger partial charge < -0.3 is 16.0 Å². The topological polar surface area (TPSA) is 88.3 Å². The SMILES string of the molecule is Cc1nc(-c2ccc3c(c2)CCN3CC(=O)Nc2ccc(C(N)=O)cc2)cs1. The zero-order valence-corrected chi connectivity index (χ0v) is 16.3. The highest BCUT2D eigenvalue weighted by Gasteiger charge is 2.22. The third-order valence-corrected chi connectivity index (χ3v) is 5.55. The average molecular weight is 392 g/mol. The Morgan fingerprint density at radius 2 is 2.00 bits per heavy atom. The maximum absolute atomic E-state index is 12.4. The first-order chi connectivity index (χ1) is 13.5. The predicted octanol–water partition coefficient (Wildman–Crippen LogP) is 3.22. The average Bonchev–Trinajstić information content (AvgIpc) is 3.28. The lowest BCUT2D eigenvalue weighted by molar-refractivity contribution is -0.115. The highest BCUT2D eigenvalue weighted by atomic mass is 32.1.